The normalized spacial score (nSPS) is 10.3. The van der Waals surface area contributed by atoms with Gasteiger partial charge in [0.25, 0.3) is 5.91 Å². The number of amides is 1. The van der Waals surface area contributed by atoms with Crippen LogP contribution in [0.5, 0.6) is 11.5 Å². The van der Waals surface area contributed by atoms with E-state index in [1.54, 1.807) is 19.2 Å². The third-order valence-electron chi connectivity index (χ3n) is 3.96. The number of carbonyl (C=O) groups excluding carboxylic acids is 1. The van der Waals surface area contributed by atoms with Crippen LogP contribution in [-0.4, -0.2) is 30.1 Å². The molecule has 1 amide bonds. The Morgan fingerprint density at radius 3 is 2.57 bits per heavy atom. The lowest BCUT2D eigenvalue weighted by atomic mass is 10.2. The van der Waals surface area contributed by atoms with Crippen molar-refractivity contribution in [3.05, 3.63) is 65.1 Å². The summed E-state index contributed by atoms with van der Waals surface area (Å²) in [6.07, 6.45) is 2.88. The van der Waals surface area contributed by atoms with E-state index < -0.39 is 5.91 Å². The SMILES string of the molecule is COc1cccc(Nc2cnc(C(=O)Nc3cc(C)c(Cl)cc3OC)cn2)c1. The zero-order valence-electron chi connectivity index (χ0n) is 15.6. The molecule has 8 heteroatoms. The Morgan fingerprint density at radius 1 is 1.07 bits per heavy atom. The smallest absolute Gasteiger partial charge is 0.275 e. The van der Waals surface area contributed by atoms with Crippen LogP contribution >= 0.6 is 11.6 Å². The molecule has 7 nitrogen and oxygen atoms in total. The first kappa shape index (κ1) is 19.4. The van der Waals surface area contributed by atoms with E-state index in [1.165, 1.54) is 19.5 Å². The second-order valence-corrected chi connectivity index (χ2v) is 6.31. The Kier molecular flexibility index (Phi) is 5.96. The third-order valence-corrected chi connectivity index (χ3v) is 4.36. The molecule has 0 atom stereocenters. The van der Waals surface area contributed by atoms with Gasteiger partial charge in [-0.05, 0) is 30.7 Å². The van der Waals surface area contributed by atoms with Crippen molar-refractivity contribution in [1.29, 1.82) is 0 Å². The van der Waals surface area contributed by atoms with Crippen LogP contribution in [0.4, 0.5) is 17.2 Å². The number of rotatable bonds is 6. The van der Waals surface area contributed by atoms with Gasteiger partial charge in [-0.1, -0.05) is 17.7 Å². The van der Waals surface area contributed by atoms with E-state index in [2.05, 4.69) is 20.6 Å². The topological polar surface area (TPSA) is 85.4 Å². The van der Waals surface area contributed by atoms with Gasteiger partial charge in [-0.15, -0.1) is 0 Å². The molecule has 3 rings (SSSR count). The number of aryl methyl sites for hydroxylation is 1. The number of hydrogen-bond donors (Lipinski definition) is 2. The van der Waals surface area contributed by atoms with Crippen LogP contribution in [0.15, 0.2) is 48.8 Å². The van der Waals surface area contributed by atoms with Gasteiger partial charge < -0.3 is 20.1 Å². The molecule has 0 bridgehead atoms. The maximum absolute atomic E-state index is 12.5. The summed E-state index contributed by atoms with van der Waals surface area (Å²) in [5.41, 5.74) is 2.30. The molecular weight excluding hydrogens is 380 g/mol. The van der Waals surface area contributed by atoms with Crippen LogP contribution in [0.2, 0.25) is 5.02 Å². The highest BCUT2D eigenvalue weighted by atomic mass is 35.5. The first-order valence-electron chi connectivity index (χ1n) is 8.38. The Morgan fingerprint density at radius 2 is 1.89 bits per heavy atom. The van der Waals surface area contributed by atoms with Gasteiger partial charge in [-0.3, -0.25) is 4.79 Å². The second kappa shape index (κ2) is 8.58. The standard InChI is InChI=1S/C20H19ClN4O3/c1-12-7-16(18(28-3)9-15(12)21)25-20(26)17-10-23-19(11-22-17)24-13-5-4-6-14(8-13)27-2/h4-11H,1-3H3,(H,23,24)(H,25,26). The number of carbonyl (C=O) groups is 1. The molecule has 0 fully saturated rings. The fourth-order valence-electron chi connectivity index (χ4n) is 2.47. The summed E-state index contributed by atoms with van der Waals surface area (Å²) in [7, 11) is 3.11. The Balaban J connectivity index is 1.73. The van der Waals surface area contributed by atoms with Gasteiger partial charge >= 0.3 is 0 Å². The number of ether oxygens (including phenoxy) is 2. The molecule has 144 valence electrons. The predicted octanol–water partition coefficient (Wildman–Crippen LogP) is 4.45. The second-order valence-electron chi connectivity index (χ2n) is 5.90. The van der Waals surface area contributed by atoms with E-state index in [-0.39, 0.29) is 5.69 Å². The van der Waals surface area contributed by atoms with Crippen LogP contribution in [-0.2, 0) is 0 Å². The molecule has 1 heterocycles. The lowest BCUT2D eigenvalue weighted by Crippen LogP contribution is -2.15. The summed E-state index contributed by atoms with van der Waals surface area (Å²) in [4.78, 5) is 20.9. The molecular formula is C20H19ClN4O3. The van der Waals surface area contributed by atoms with Crippen molar-refractivity contribution in [3.63, 3.8) is 0 Å². The summed E-state index contributed by atoms with van der Waals surface area (Å²) >= 11 is 6.09. The van der Waals surface area contributed by atoms with Crippen LogP contribution < -0.4 is 20.1 Å². The number of methoxy groups -OCH3 is 2. The van der Waals surface area contributed by atoms with E-state index >= 15 is 0 Å². The maximum Gasteiger partial charge on any atom is 0.275 e. The number of aromatic nitrogens is 2. The molecule has 0 aliphatic carbocycles. The molecule has 0 unspecified atom stereocenters. The minimum atomic E-state index is -0.402. The molecule has 0 spiro atoms. The average Bonchev–Trinajstić information content (AvgIpc) is 2.71. The number of nitrogens with one attached hydrogen (secondary N) is 2. The fourth-order valence-corrected chi connectivity index (χ4v) is 2.63. The van der Waals surface area contributed by atoms with Gasteiger partial charge in [-0.25, -0.2) is 9.97 Å². The highest BCUT2D eigenvalue weighted by molar-refractivity contribution is 6.31. The van der Waals surface area contributed by atoms with Crippen molar-refractivity contribution >= 4 is 34.7 Å². The van der Waals surface area contributed by atoms with Crippen molar-refractivity contribution in [3.8, 4) is 11.5 Å². The van der Waals surface area contributed by atoms with Gasteiger partial charge in [0.05, 0.1) is 32.3 Å². The van der Waals surface area contributed by atoms with Crippen molar-refractivity contribution < 1.29 is 14.3 Å². The zero-order chi connectivity index (χ0) is 20.1. The van der Waals surface area contributed by atoms with Crippen LogP contribution in [0, 0.1) is 6.92 Å². The van der Waals surface area contributed by atoms with Gasteiger partial charge in [0, 0.05) is 22.8 Å². The number of nitrogens with zero attached hydrogens (tertiary/aromatic N) is 2. The van der Waals surface area contributed by atoms with E-state index in [9.17, 15) is 4.79 Å². The highest BCUT2D eigenvalue weighted by Crippen LogP contribution is 2.31. The number of benzene rings is 2. The van der Waals surface area contributed by atoms with E-state index in [0.29, 0.717) is 22.3 Å². The van der Waals surface area contributed by atoms with E-state index in [4.69, 9.17) is 21.1 Å². The molecule has 3 aromatic rings. The predicted molar refractivity (Wildman–Crippen MR) is 109 cm³/mol. The third kappa shape index (κ3) is 4.50. The summed E-state index contributed by atoms with van der Waals surface area (Å²) in [5.74, 6) is 1.29. The minimum Gasteiger partial charge on any atom is -0.497 e. The molecule has 2 aromatic carbocycles. The zero-order valence-corrected chi connectivity index (χ0v) is 16.4. The van der Waals surface area contributed by atoms with Crippen LogP contribution in [0.3, 0.4) is 0 Å². The van der Waals surface area contributed by atoms with Crippen molar-refractivity contribution in [2.45, 2.75) is 6.92 Å². The first-order valence-corrected chi connectivity index (χ1v) is 8.76. The molecule has 28 heavy (non-hydrogen) atoms. The molecule has 0 aliphatic heterocycles. The van der Waals surface area contributed by atoms with Gasteiger partial charge in [-0.2, -0.15) is 0 Å². The molecule has 0 saturated heterocycles. The Hall–Kier alpha value is -3.32. The molecule has 0 radical (unpaired) electrons. The van der Waals surface area contributed by atoms with Crippen molar-refractivity contribution in [2.75, 3.05) is 24.9 Å². The summed E-state index contributed by atoms with van der Waals surface area (Å²) in [5, 5.41) is 6.43. The molecule has 0 aliphatic rings. The molecule has 2 N–H and O–H groups in total. The van der Waals surface area contributed by atoms with E-state index in [1.807, 2.05) is 31.2 Å². The maximum atomic E-state index is 12.5. The van der Waals surface area contributed by atoms with Crippen LogP contribution in [0.1, 0.15) is 16.1 Å². The minimum absolute atomic E-state index is 0.172. The Labute approximate surface area is 167 Å². The fraction of sp³-hybridized carbons (Fsp3) is 0.150. The molecule has 0 saturated carbocycles. The summed E-state index contributed by atoms with van der Waals surface area (Å²) in [6.45, 7) is 1.84. The summed E-state index contributed by atoms with van der Waals surface area (Å²) < 4.78 is 10.5. The quantitative estimate of drug-likeness (QED) is 0.638. The van der Waals surface area contributed by atoms with Crippen LogP contribution in [0.25, 0.3) is 0 Å². The number of hydrogen-bond acceptors (Lipinski definition) is 6. The monoisotopic (exact) mass is 398 g/mol. The first-order chi connectivity index (χ1) is 13.5. The van der Waals surface area contributed by atoms with Gasteiger partial charge in [0.15, 0.2) is 0 Å². The van der Waals surface area contributed by atoms with Crippen molar-refractivity contribution in [1.82, 2.24) is 9.97 Å². The summed E-state index contributed by atoms with van der Waals surface area (Å²) in [6, 6.07) is 10.8. The average molecular weight is 399 g/mol. The molecule has 1 aromatic heterocycles. The lowest BCUT2D eigenvalue weighted by Gasteiger charge is -2.12. The van der Waals surface area contributed by atoms with Crippen molar-refractivity contribution in [2.24, 2.45) is 0 Å². The van der Waals surface area contributed by atoms with Gasteiger partial charge in [0.1, 0.15) is 23.0 Å². The Bertz CT molecular complexity index is 993. The number of anilines is 3. The lowest BCUT2D eigenvalue weighted by molar-refractivity contribution is 0.102. The highest BCUT2D eigenvalue weighted by Gasteiger charge is 2.13. The van der Waals surface area contributed by atoms with Gasteiger partial charge in [0.2, 0.25) is 0 Å². The van der Waals surface area contributed by atoms with E-state index in [0.717, 1.165) is 17.0 Å². The number of halogens is 1. The largest absolute Gasteiger partial charge is 0.497 e.